The number of carboxylic acids is 1. The molecule has 1 atom stereocenters. The first kappa shape index (κ1) is 18.2. The lowest BCUT2D eigenvalue weighted by atomic mass is 10.0. The van der Waals surface area contributed by atoms with E-state index in [0.29, 0.717) is 12.5 Å². The van der Waals surface area contributed by atoms with Crippen LogP contribution >= 0.6 is 0 Å². The highest BCUT2D eigenvalue weighted by Gasteiger charge is 2.09. The standard InChI is InChI=1S/C18H32O3/c19-18(20)15-11-6-4-2-1-3-5-9-13-17-14-10-7-8-12-16-21-17/h5,9,17H,1-4,6-8,10-16H2,(H,19,20). The first-order valence-electron chi connectivity index (χ1n) is 8.77. The fourth-order valence-electron chi connectivity index (χ4n) is 2.78. The largest absolute Gasteiger partial charge is 0.481 e. The van der Waals surface area contributed by atoms with E-state index in [1.807, 2.05) is 0 Å². The van der Waals surface area contributed by atoms with Gasteiger partial charge in [0, 0.05) is 13.0 Å². The maximum atomic E-state index is 10.4. The van der Waals surface area contributed by atoms with Gasteiger partial charge in [-0.1, -0.05) is 50.7 Å². The zero-order valence-corrected chi connectivity index (χ0v) is 13.4. The molecule has 3 heteroatoms. The van der Waals surface area contributed by atoms with Crippen LogP contribution in [-0.4, -0.2) is 23.8 Å². The minimum Gasteiger partial charge on any atom is -0.481 e. The number of hydrogen-bond acceptors (Lipinski definition) is 2. The summed E-state index contributed by atoms with van der Waals surface area (Å²) >= 11 is 0. The molecule has 1 saturated heterocycles. The van der Waals surface area contributed by atoms with Gasteiger partial charge in [-0.2, -0.15) is 0 Å². The van der Waals surface area contributed by atoms with Crippen LogP contribution in [0.2, 0.25) is 0 Å². The van der Waals surface area contributed by atoms with Gasteiger partial charge in [0.2, 0.25) is 0 Å². The molecule has 1 aliphatic heterocycles. The van der Waals surface area contributed by atoms with Crippen LogP contribution in [0.3, 0.4) is 0 Å². The highest BCUT2D eigenvalue weighted by Crippen LogP contribution is 2.16. The Hall–Kier alpha value is -0.830. The van der Waals surface area contributed by atoms with Gasteiger partial charge in [-0.25, -0.2) is 0 Å². The minimum absolute atomic E-state index is 0.321. The van der Waals surface area contributed by atoms with Crippen LogP contribution in [0.15, 0.2) is 12.2 Å². The first-order valence-corrected chi connectivity index (χ1v) is 8.77. The Kier molecular flexibility index (Phi) is 11.2. The predicted molar refractivity (Wildman–Crippen MR) is 86.5 cm³/mol. The molecular weight excluding hydrogens is 264 g/mol. The van der Waals surface area contributed by atoms with Crippen molar-refractivity contribution in [2.45, 2.75) is 89.6 Å². The van der Waals surface area contributed by atoms with E-state index in [0.717, 1.165) is 38.7 Å². The lowest BCUT2D eigenvalue weighted by Gasteiger charge is -2.19. The van der Waals surface area contributed by atoms with Crippen LogP contribution < -0.4 is 0 Å². The second-order valence-electron chi connectivity index (χ2n) is 6.10. The number of carbonyl (C=O) groups is 1. The summed E-state index contributed by atoms with van der Waals surface area (Å²) in [5.74, 6) is -0.672. The van der Waals surface area contributed by atoms with Crippen LogP contribution in [-0.2, 0) is 9.53 Å². The Morgan fingerprint density at radius 1 is 1.00 bits per heavy atom. The van der Waals surface area contributed by atoms with Gasteiger partial charge in [-0.3, -0.25) is 4.79 Å². The van der Waals surface area contributed by atoms with Crippen LogP contribution in [0, 0.1) is 0 Å². The lowest BCUT2D eigenvalue weighted by molar-refractivity contribution is -0.137. The summed E-state index contributed by atoms with van der Waals surface area (Å²) in [6.45, 7) is 0.939. The number of rotatable bonds is 10. The van der Waals surface area contributed by atoms with Crippen LogP contribution in [0.4, 0.5) is 0 Å². The van der Waals surface area contributed by atoms with E-state index < -0.39 is 5.97 Å². The second kappa shape index (κ2) is 12.9. The topological polar surface area (TPSA) is 46.5 Å². The van der Waals surface area contributed by atoms with Crippen molar-refractivity contribution in [1.29, 1.82) is 0 Å². The van der Waals surface area contributed by atoms with Crippen molar-refractivity contribution in [3.63, 3.8) is 0 Å². The summed E-state index contributed by atoms with van der Waals surface area (Å²) < 4.78 is 5.88. The fourth-order valence-corrected chi connectivity index (χ4v) is 2.78. The smallest absolute Gasteiger partial charge is 0.303 e. The van der Waals surface area contributed by atoms with Gasteiger partial charge in [0.1, 0.15) is 0 Å². The van der Waals surface area contributed by atoms with Gasteiger partial charge in [0.05, 0.1) is 6.10 Å². The quantitative estimate of drug-likeness (QED) is 0.451. The molecule has 3 nitrogen and oxygen atoms in total. The van der Waals surface area contributed by atoms with Gasteiger partial charge in [0.15, 0.2) is 0 Å². The molecule has 0 spiro atoms. The van der Waals surface area contributed by atoms with E-state index in [-0.39, 0.29) is 0 Å². The summed E-state index contributed by atoms with van der Waals surface area (Å²) in [5, 5.41) is 8.53. The average molecular weight is 296 g/mol. The summed E-state index contributed by atoms with van der Waals surface area (Å²) in [6, 6.07) is 0. The van der Waals surface area contributed by atoms with Gasteiger partial charge in [0.25, 0.3) is 0 Å². The molecule has 0 aromatic heterocycles. The fraction of sp³-hybridized carbons (Fsp3) is 0.833. The van der Waals surface area contributed by atoms with Crippen molar-refractivity contribution in [2.24, 2.45) is 0 Å². The lowest BCUT2D eigenvalue weighted by Crippen LogP contribution is -2.15. The molecule has 1 aliphatic rings. The molecular formula is C18H32O3. The Labute approximate surface area is 129 Å². The van der Waals surface area contributed by atoms with E-state index in [4.69, 9.17) is 9.84 Å². The molecule has 1 fully saturated rings. The number of allylic oxidation sites excluding steroid dienone is 1. The van der Waals surface area contributed by atoms with Gasteiger partial charge >= 0.3 is 5.97 Å². The van der Waals surface area contributed by atoms with E-state index >= 15 is 0 Å². The zero-order valence-electron chi connectivity index (χ0n) is 13.4. The Morgan fingerprint density at radius 2 is 1.76 bits per heavy atom. The maximum absolute atomic E-state index is 10.4. The number of hydrogen-bond donors (Lipinski definition) is 1. The van der Waals surface area contributed by atoms with Gasteiger partial charge in [-0.05, 0) is 38.5 Å². The monoisotopic (exact) mass is 296 g/mol. The third-order valence-corrected chi connectivity index (χ3v) is 4.10. The molecule has 0 amide bonds. The van der Waals surface area contributed by atoms with Gasteiger partial charge in [-0.15, -0.1) is 0 Å². The molecule has 1 rings (SSSR count). The Bertz CT molecular complexity index is 278. The van der Waals surface area contributed by atoms with Crippen molar-refractivity contribution >= 4 is 5.97 Å². The number of unbranched alkanes of at least 4 members (excludes halogenated alkanes) is 5. The highest BCUT2D eigenvalue weighted by atomic mass is 16.5. The maximum Gasteiger partial charge on any atom is 0.303 e. The molecule has 1 N–H and O–H groups in total. The molecule has 21 heavy (non-hydrogen) atoms. The van der Waals surface area contributed by atoms with E-state index in [9.17, 15) is 4.79 Å². The molecule has 0 radical (unpaired) electrons. The van der Waals surface area contributed by atoms with Crippen LogP contribution in [0.5, 0.6) is 0 Å². The zero-order chi connectivity index (χ0) is 15.2. The predicted octanol–water partition coefficient (Wildman–Crippen LogP) is 5.10. The third kappa shape index (κ3) is 11.5. The van der Waals surface area contributed by atoms with Crippen LogP contribution in [0.25, 0.3) is 0 Å². The highest BCUT2D eigenvalue weighted by molar-refractivity contribution is 5.66. The van der Waals surface area contributed by atoms with Crippen molar-refractivity contribution < 1.29 is 14.6 Å². The summed E-state index contributed by atoms with van der Waals surface area (Å²) in [7, 11) is 0. The van der Waals surface area contributed by atoms with E-state index in [1.165, 1.54) is 44.9 Å². The summed E-state index contributed by atoms with van der Waals surface area (Å²) in [6.07, 6.45) is 19.5. The number of carboxylic acid groups (broad SMARTS) is 1. The van der Waals surface area contributed by atoms with Crippen molar-refractivity contribution in [1.82, 2.24) is 0 Å². The van der Waals surface area contributed by atoms with E-state index in [2.05, 4.69) is 12.2 Å². The Balaban J connectivity index is 1.90. The molecule has 0 saturated carbocycles. The SMILES string of the molecule is O=C(O)CCCCCCCC=CCC1CCCCCCO1. The second-order valence-corrected chi connectivity index (χ2v) is 6.10. The summed E-state index contributed by atoms with van der Waals surface area (Å²) in [4.78, 5) is 10.4. The van der Waals surface area contributed by atoms with Crippen molar-refractivity contribution in [3.8, 4) is 0 Å². The molecule has 122 valence electrons. The third-order valence-electron chi connectivity index (χ3n) is 4.10. The summed E-state index contributed by atoms with van der Waals surface area (Å²) in [5.41, 5.74) is 0. The molecule has 0 aromatic rings. The molecule has 1 unspecified atom stereocenters. The van der Waals surface area contributed by atoms with Gasteiger partial charge < -0.3 is 9.84 Å². The molecule has 0 aliphatic carbocycles. The van der Waals surface area contributed by atoms with Crippen molar-refractivity contribution in [3.05, 3.63) is 12.2 Å². The first-order chi connectivity index (χ1) is 10.3. The normalized spacial score (nSPS) is 20.3. The number of aliphatic carboxylic acids is 1. The molecule has 0 aromatic carbocycles. The minimum atomic E-state index is -0.672. The number of ether oxygens (including phenoxy) is 1. The van der Waals surface area contributed by atoms with Crippen LogP contribution in [0.1, 0.15) is 83.5 Å². The molecule has 1 heterocycles. The molecule has 0 bridgehead atoms. The Morgan fingerprint density at radius 3 is 2.62 bits per heavy atom. The van der Waals surface area contributed by atoms with E-state index in [1.54, 1.807) is 0 Å². The van der Waals surface area contributed by atoms with Crippen molar-refractivity contribution in [2.75, 3.05) is 6.61 Å². The average Bonchev–Trinajstić information content (AvgIpc) is 2.42.